The highest BCUT2D eigenvalue weighted by Crippen LogP contribution is 2.23. The number of carboxylic acids is 1. The topological polar surface area (TPSA) is 75.0 Å². The van der Waals surface area contributed by atoms with Gasteiger partial charge in [0.15, 0.2) is 6.29 Å². The first kappa shape index (κ1) is 13.5. The minimum atomic E-state index is -1.15. The third kappa shape index (κ3) is 3.29. The molecule has 0 aliphatic heterocycles. The summed E-state index contributed by atoms with van der Waals surface area (Å²) in [5, 5.41) is 14.6. The van der Waals surface area contributed by atoms with Crippen LogP contribution in [0, 0.1) is 0 Å². The normalized spacial score (nSPS) is 10.4. The lowest BCUT2D eigenvalue weighted by atomic mass is 10.1. The number of benzene rings is 1. The Hall–Kier alpha value is -1.95. The van der Waals surface area contributed by atoms with Crippen molar-refractivity contribution in [1.82, 2.24) is 9.78 Å². The second-order valence-corrected chi connectivity index (χ2v) is 4.86. The van der Waals surface area contributed by atoms with Gasteiger partial charge in [-0.2, -0.15) is 5.10 Å². The van der Waals surface area contributed by atoms with E-state index in [9.17, 15) is 14.7 Å². The van der Waals surface area contributed by atoms with Gasteiger partial charge in [0.2, 0.25) is 0 Å². The van der Waals surface area contributed by atoms with Gasteiger partial charge in [-0.05, 0) is 12.1 Å². The Balaban J connectivity index is 2.31. The second-order valence-electron chi connectivity index (χ2n) is 3.94. The molecule has 0 fully saturated rings. The number of carboxylic acid groups (broad SMARTS) is 1. The highest BCUT2D eigenvalue weighted by Gasteiger charge is 2.10. The molecule has 0 saturated carbocycles. The molecule has 1 aromatic heterocycles. The van der Waals surface area contributed by atoms with Crippen LogP contribution in [0.2, 0.25) is 0 Å². The van der Waals surface area contributed by atoms with Crippen LogP contribution >= 0.6 is 15.9 Å². The lowest BCUT2D eigenvalue weighted by Gasteiger charge is -2.02. The average Bonchev–Trinajstić information content (AvgIpc) is 2.80. The van der Waals surface area contributed by atoms with Gasteiger partial charge in [0, 0.05) is 35.2 Å². The van der Waals surface area contributed by atoms with Crippen molar-refractivity contribution in [2.75, 3.05) is 0 Å². The van der Waals surface area contributed by atoms with E-state index in [-0.39, 0.29) is 13.0 Å². The van der Waals surface area contributed by atoms with Crippen LogP contribution in [0.4, 0.5) is 0 Å². The zero-order chi connectivity index (χ0) is 13.8. The van der Waals surface area contributed by atoms with Gasteiger partial charge >= 0.3 is 0 Å². The summed E-state index contributed by atoms with van der Waals surface area (Å²) in [4.78, 5) is 21.4. The number of aromatic nitrogens is 2. The molecule has 1 aromatic carbocycles. The maximum Gasteiger partial charge on any atom is 0.153 e. The molecule has 6 heteroatoms. The summed E-state index contributed by atoms with van der Waals surface area (Å²) >= 11 is 3.33. The van der Waals surface area contributed by atoms with Crippen molar-refractivity contribution in [2.24, 2.45) is 0 Å². The Bertz CT molecular complexity index is 605. The summed E-state index contributed by atoms with van der Waals surface area (Å²) in [6.07, 6.45) is 2.10. The van der Waals surface area contributed by atoms with Gasteiger partial charge in [0.25, 0.3) is 0 Å². The minimum Gasteiger partial charge on any atom is -0.550 e. The largest absolute Gasteiger partial charge is 0.550 e. The number of aliphatic carboxylic acids is 1. The Kier molecular flexibility index (Phi) is 4.11. The highest BCUT2D eigenvalue weighted by molar-refractivity contribution is 9.10. The fourth-order valence-corrected chi connectivity index (χ4v) is 1.94. The fourth-order valence-electron chi connectivity index (χ4n) is 1.68. The van der Waals surface area contributed by atoms with Crippen molar-refractivity contribution >= 4 is 28.2 Å². The molecule has 5 nitrogen and oxygen atoms in total. The van der Waals surface area contributed by atoms with E-state index in [1.807, 2.05) is 24.3 Å². The van der Waals surface area contributed by atoms with E-state index in [2.05, 4.69) is 21.0 Å². The minimum absolute atomic E-state index is 0.139. The molecule has 0 spiro atoms. The van der Waals surface area contributed by atoms with Gasteiger partial charge < -0.3 is 9.90 Å². The van der Waals surface area contributed by atoms with Crippen molar-refractivity contribution in [3.63, 3.8) is 0 Å². The van der Waals surface area contributed by atoms with E-state index in [0.717, 1.165) is 10.0 Å². The summed E-state index contributed by atoms with van der Waals surface area (Å²) in [7, 11) is 0. The number of nitrogens with zero attached hydrogens (tertiary/aromatic N) is 2. The number of carbonyl (C=O) groups is 2. The lowest BCUT2D eigenvalue weighted by molar-refractivity contribution is -0.306. The van der Waals surface area contributed by atoms with Gasteiger partial charge in [-0.3, -0.25) is 9.48 Å². The molecule has 0 aliphatic rings. The summed E-state index contributed by atoms with van der Waals surface area (Å²) in [6, 6.07) is 7.37. The first-order valence-corrected chi connectivity index (χ1v) is 6.38. The predicted octanol–water partition coefficient (Wildman–Crippen LogP) is 1.27. The van der Waals surface area contributed by atoms with Gasteiger partial charge in [-0.25, -0.2) is 0 Å². The standard InChI is InChI=1S/C13H11BrN2O3/c14-11-3-1-9(2-4-11)13-10(8-17)7-16(15-13)6-5-12(18)19/h1-4,7-8H,5-6H2,(H,18,19)/p-1. The number of rotatable bonds is 5. The van der Waals surface area contributed by atoms with Crippen LogP contribution in [-0.2, 0) is 11.3 Å². The number of aldehydes is 1. The molecule has 98 valence electrons. The first-order valence-electron chi connectivity index (χ1n) is 5.58. The number of carbonyl (C=O) groups excluding carboxylic acids is 2. The predicted molar refractivity (Wildman–Crippen MR) is 70.4 cm³/mol. The van der Waals surface area contributed by atoms with Crippen molar-refractivity contribution < 1.29 is 14.7 Å². The molecule has 2 rings (SSSR count). The number of halogens is 1. The number of hydrogen-bond acceptors (Lipinski definition) is 4. The van der Waals surface area contributed by atoms with E-state index < -0.39 is 5.97 Å². The molecule has 0 bridgehead atoms. The molecule has 0 aliphatic carbocycles. The van der Waals surface area contributed by atoms with E-state index in [1.54, 1.807) is 0 Å². The number of aryl methyl sites for hydroxylation is 1. The maximum atomic E-state index is 11.0. The smallest absolute Gasteiger partial charge is 0.153 e. The average molecular weight is 322 g/mol. The molecular weight excluding hydrogens is 312 g/mol. The third-order valence-corrected chi connectivity index (χ3v) is 3.11. The van der Waals surface area contributed by atoms with Crippen molar-refractivity contribution in [3.8, 4) is 11.3 Å². The first-order chi connectivity index (χ1) is 9.10. The van der Waals surface area contributed by atoms with E-state index >= 15 is 0 Å². The molecule has 0 unspecified atom stereocenters. The molecule has 0 saturated heterocycles. The zero-order valence-electron chi connectivity index (χ0n) is 9.88. The quantitative estimate of drug-likeness (QED) is 0.777. The third-order valence-electron chi connectivity index (χ3n) is 2.58. The van der Waals surface area contributed by atoms with E-state index in [0.29, 0.717) is 17.5 Å². The van der Waals surface area contributed by atoms with Gasteiger partial charge in [-0.1, -0.05) is 28.1 Å². The Morgan fingerprint density at radius 3 is 2.63 bits per heavy atom. The van der Waals surface area contributed by atoms with Crippen molar-refractivity contribution in [3.05, 3.63) is 40.5 Å². The van der Waals surface area contributed by atoms with Crippen LogP contribution < -0.4 is 5.11 Å². The Morgan fingerprint density at radius 1 is 1.37 bits per heavy atom. The summed E-state index contributed by atoms with van der Waals surface area (Å²) in [5.41, 5.74) is 1.78. The summed E-state index contributed by atoms with van der Waals surface area (Å²) in [6.45, 7) is 0.180. The van der Waals surface area contributed by atoms with Gasteiger partial charge in [0.1, 0.15) is 5.69 Å². The maximum absolute atomic E-state index is 11.0. The molecule has 1 heterocycles. The van der Waals surface area contributed by atoms with Crippen molar-refractivity contribution in [2.45, 2.75) is 13.0 Å². The van der Waals surface area contributed by atoms with Crippen LogP contribution in [0.3, 0.4) is 0 Å². The fraction of sp³-hybridized carbons (Fsp3) is 0.154. The summed E-state index contributed by atoms with van der Waals surface area (Å²) < 4.78 is 2.37. The van der Waals surface area contributed by atoms with Crippen LogP contribution in [-0.4, -0.2) is 22.0 Å². The van der Waals surface area contributed by atoms with Crippen LogP contribution in [0.25, 0.3) is 11.3 Å². The molecule has 0 radical (unpaired) electrons. The molecular formula is C13H10BrN2O3-. The molecule has 0 amide bonds. The van der Waals surface area contributed by atoms with E-state index in [4.69, 9.17) is 0 Å². The molecule has 0 atom stereocenters. The SMILES string of the molecule is O=Cc1cn(CCC(=O)[O-])nc1-c1ccc(Br)cc1. The van der Waals surface area contributed by atoms with Crippen LogP contribution in [0.15, 0.2) is 34.9 Å². The Labute approximate surface area is 118 Å². The van der Waals surface area contributed by atoms with Crippen LogP contribution in [0.1, 0.15) is 16.8 Å². The monoisotopic (exact) mass is 321 g/mol. The highest BCUT2D eigenvalue weighted by atomic mass is 79.9. The van der Waals surface area contributed by atoms with Gasteiger partial charge in [-0.15, -0.1) is 0 Å². The Morgan fingerprint density at radius 2 is 2.05 bits per heavy atom. The summed E-state index contributed by atoms with van der Waals surface area (Å²) in [5.74, 6) is -1.15. The molecule has 2 aromatic rings. The van der Waals surface area contributed by atoms with E-state index in [1.165, 1.54) is 10.9 Å². The van der Waals surface area contributed by atoms with Crippen LogP contribution in [0.5, 0.6) is 0 Å². The van der Waals surface area contributed by atoms with Crippen molar-refractivity contribution in [1.29, 1.82) is 0 Å². The molecule has 19 heavy (non-hydrogen) atoms. The lowest BCUT2D eigenvalue weighted by Crippen LogP contribution is -2.23. The van der Waals surface area contributed by atoms with Gasteiger partial charge in [0.05, 0.1) is 5.56 Å². The zero-order valence-corrected chi connectivity index (χ0v) is 11.5. The second kappa shape index (κ2) is 5.79. The molecule has 0 N–H and O–H groups in total. The number of hydrogen-bond donors (Lipinski definition) is 0.